The van der Waals surface area contributed by atoms with Crippen LogP contribution in [0.1, 0.15) is 200 Å². The molecule has 0 spiro atoms. The molecule has 0 amide bonds. The molecule has 0 aliphatic rings. The first-order valence-electron chi connectivity index (χ1n) is 28.4. The van der Waals surface area contributed by atoms with Crippen LogP contribution in [-0.4, -0.2) is 70.0 Å². The fourth-order valence-corrected chi connectivity index (χ4v) is 7.76. The van der Waals surface area contributed by atoms with Crippen molar-refractivity contribution in [3.8, 4) is 0 Å². The predicted octanol–water partition coefficient (Wildman–Crippen LogP) is 17.1. The second-order valence-corrected chi connectivity index (χ2v) is 21.0. The van der Waals surface area contributed by atoms with Gasteiger partial charge in [-0.05, 0) is 116 Å². The number of ether oxygens (including phenoxy) is 2. The summed E-state index contributed by atoms with van der Waals surface area (Å²) in [6.45, 7) is 4.04. The van der Waals surface area contributed by atoms with Crippen LogP contribution in [0.25, 0.3) is 0 Å². The fourth-order valence-electron chi connectivity index (χ4n) is 7.03. The lowest BCUT2D eigenvalue weighted by molar-refractivity contribution is -0.870. The number of hydrogen-bond donors (Lipinski definition) is 0. The van der Waals surface area contributed by atoms with Crippen LogP contribution in [0.2, 0.25) is 0 Å². The van der Waals surface area contributed by atoms with Crippen molar-refractivity contribution >= 4 is 19.8 Å². The second-order valence-electron chi connectivity index (χ2n) is 19.6. The Balaban J connectivity index is 4.32. The SMILES string of the molecule is CC/C=C\C/C=C\C/C=C\C/C=C\C/C=C\C/C=C\C/C=C\C/C=C\C/C=C\C/C=C\CCCCC(=O)OC(COC(=O)CCCCCCC/C=C\CCCCCCCCC)COP(=O)([O-])OCC[N+](C)(C)C. The van der Waals surface area contributed by atoms with Gasteiger partial charge in [-0.1, -0.05) is 205 Å². The monoisotopic (exact) mass is 1030 g/mol. The fraction of sp³-hybridized carbons (Fsp3) is 0.619. The first-order valence-corrected chi connectivity index (χ1v) is 29.9. The molecule has 0 aromatic heterocycles. The summed E-state index contributed by atoms with van der Waals surface area (Å²) in [5, 5.41) is 0. The van der Waals surface area contributed by atoms with E-state index < -0.39 is 32.5 Å². The number of likely N-dealkylation sites (N-methyl/N-ethyl adjacent to an activating group) is 1. The number of hydrogen-bond acceptors (Lipinski definition) is 8. The first kappa shape index (κ1) is 69.2. The van der Waals surface area contributed by atoms with Crippen molar-refractivity contribution in [2.75, 3.05) is 47.5 Å². The third kappa shape index (κ3) is 57.3. The molecule has 0 bridgehead atoms. The van der Waals surface area contributed by atoms with Crippen molar-refractivity contribution in [3.63, 3.8) is 0 Å². The largest absolute Gasteiger partial charge is 0.756 e. The number of phosphoric ester groups is 1. The zero-order valence-electron chi connectivity index (χ0n) is 46.8. The number of rotatable bonds is 50. The number of carbonyl (C=O) groups excluding carboxylic acids is 2. The van der Waals surface area contributed by atoms with E-state index in [9.17, 15) is 19.0 Å². The molecule has 0 fully saturated rings. The maximum Gasteiger partial charge on any atom is 0.306 e. The Morgan fingerprint density at radius 3 is 1.21 bits per heavy atom. The summed E-state index contributed by atoms with van der Waals surface area (Å²) < 4.78 is 34.0. The van der Waals surface area contributed by atoms with Crippen LogP contribution in [-0.2, 0) is 32.7 Å². The molecule has 414 valence electrons. The maximum atomic E-state index is 12.8. The summed E-state index contributed by atoms with van der Waals surface area (Å²) >= 11 is 0. The Kier molecular flexibility index (Phi) is 50.2. The molecule has 0 radical (unpaired) electrons. The Hall–Kier alpha value is -3.85. The molecule has 0 rings (SSSR count). The van der Waals surface area contributed by atoms with Crippen LogP contribution in [0, 0.1) is 0 Å². The van der Waals surface area contributed by atoms with Crippen LogP contribution in [0.5, 0.6) is 0 Å². The quantitative estimate of drug-likeness (QED) is 0.0195. The highest BCUT2D eigenvalue weighted by molar-refractivity contribution is 7.45. The number of unbranched alkanes of at least 4 members (excludes halogenated alkanes) is 14. The van der Waals surface area contributed by atoms with Crippen molar-refractivity contribution < 1.29 is 42.1 Å². The number of phosphoric acid groups is 1. The molecule has 10 heteroatoms. The topological polar surface area (TPSA) is 111 Å². The molecular weight excluding hydrogens is 930 g/mol. The smallest absolute Gasteiger partial charge is 0.306 e. The molecule has 2 unspecified atom stereocenters. The lowest BCUT2D eigenvalue weighted by Gasteiger charge is -2.28. The van der Waals surface area contributed by atoms with E-state index in [0.717, 1.165) is 109 Å². The van der Waals surface area contributed by atoms with E-state index in [-0.39, 0.29) is 26.1 Å². The van der Waals surface area contributed by atoms with Crippen LogP contribution in [0.4, 0.5) is 0 Å². The van der Waals surface area contributed by atoms with E-state index in [1.807, 2.05) is 21.1 Å². The summed E-state index contributed by atoms with van der Waals surface area (Å²) in [5.74, 6) is -0.905. The molecule has 73 heavy (non-hydrogen) atoms. The number of allylic oxidation sites excluding steroid dienone is 22. The van der Waals surface area contributed by atoms with Crippen molar-refractivity contribution in [2.24, 2.45) is 0 Å². The third-order valence-electron chi connectivity index (χ3n) is 11.4. The molecule has 0 heterocycles. The first-order chi connectivity index (χ1) is 35.5. The molecule has 0 aromatic carbocycles. The van der Waals surface area contributed by atoms with Gasteiger partial charge in [0.05, 0.1) is 27.7 Å². The molecule has 0 aliphatic heterocycles. The van der Waals surface area contributed by atoms with Crippen molar-refractivity contribution in [1.82, 2.24) is 0 Å². The molecular formula is C63H104NO8P. The van der Waals surface area contributed by atoms with Crippen molar-refractivity contribution in [1.29, 1.82) is 0 Å². The average molecular weight is 1030 g/mol. The van der Waals surface area contributed by atoms with Gasteiger partial charge in [0.1, 0.15) is 19.8 Å². The second kappa shape index (κ2) is 53.0. The van der Waals surface area contributed by atoms with Crippen LogP contribution in [0.15, 0.2) is 134 Å². The van der Waals surface area contributed by atoms with Crippen LogP contribution >= 0.6 is 7.82 Å². The zero-order valence-corrected chi connectivity index (χ0v) is 47.7. The van der Waals surface area contributed by atoms with Gasteiger partial charge in [-0.3, -0.25) is 14.2 Å². The van der Waals surface area contributed by atoms with E-state index in [0.29, 0.717) is 23.9 Å². The Morgan fingerprint density at radius 2 is 0.781 bits per heavy atom. The number of quaternary nitrogens is 1. The molecule has 0 saturated heterocycles. The van der Waals surface area contributed by atoms with Gasteiger partial charge in [0.15, 0.2) is 6.10 Å². The molecule has 0 N–H and O–H groups in total. The van der Waals surface area contributed by atoms with Gasteiger partial charge < -0.3 is 27.9 Å². The van der Waals surface area contributed by atoms with E-state index in [1.54, 1.807) is 0 Å². The van der Waals surface area contributed by atoms with Crippen molar-refractivity contribution in [2.45, 2.75) is 206 Å². The average Bonchev–Trinajstić information content (AvgIpc) is 3.35. The highest BCUT2D eigenvalue weighted by Crippen LogP contribution is 2.38. The van der Waals surface area contributed by atoms with Crippen LogP contribution < -0.4 is 4.89 Å². The molecule has 2 atom stereocenters. The summed E-state index contributed by atoms with van der Waals surface area (Å²) in [7, 11) is 1.11. The van der Waals surface area contributed by atoms with Gasteiger partial charge in [-0.15, -0.1) is 0 Å². The highest BCUT2D eigenvalue weighted by atomic mass is 31.2. The van der Waals surface area contributed by atoms with E-state index in [4.69, 9.17) is 18.5 Å². The Labute approximate surface area is 447 Å². The lowest BCUT2D eigenvalue weighted by Crippen LogP contribution is -2.37. The number of esters is 2. The molecule has 9 nitrogen and oxygen atoms in total. The third-order valence-corrected chi connectivity index (χ3v) is 12.4. The minimum absolute atomic E-state index is 0.0481. The standard InChI is InChI=1S/C63H104NO8P/c1-6-8-10-12-14-16-18-20-22-24-25-26-27-28-29-30-31-32-33-34-35-36-37-38-39-40-42-44-46-48-50-52-54-56-63(66)72-61(60-71-73(67,68)70-58-57-64(3,4)5)59-69-62(65)55-53-51-49-47-45-43-41-23-21-19-17-15-13-11-9-7-2/h8,10,14,16,20,22-23,25-26,28-29,31-32,34-35,37-38,40-42,46,48,61H,6-7,9,11-13,15,17-19,21,24,27,30,33,36,39,43-45,47,49-60H2,1-5H3/b10-8-,16-14-,22-20-,26-25-,29-28-,32-31-,35-34-,38-37-,41-23-,42-40-,48-46-. The van der Waals surface area contributed by atoms with Gasteiger partial charge >= 0.3 is 11.9 Å². The predicted molar refractivity (Wildman–Crippen MR) is 309 cm³/mol. The normalized spacial score (nSPS) is 14.3. The highest BCUT2D eigenvalue weighted by Gasteiger charge is 2.21. The number of nitrogens with zero attached hydrogens (tertiary/aromatic N) is 1. The summed E-state index contributed by atoms with van der Waals surface area (Å²) in [6.07, 6.45) is 76.4. The van der Waals surface area contributed by atoms with Gasteiger partial charge in [-0.25, -0.2) is 0 Å². The van der Waals surface area contributed by atoms with E-state index in [1.165, 1.54) is 51.4 Å². The van der Waals surface area contributed by atoms with Gasteiger partial charge in [0.2, 0.25) is 0 Å². The summed E-state index contributed by atoms with van der Waals surface area (Å²) in [5.41, 5.74) is 0. The van der Waals surface area contributed by atoms with Gasteiger partial charge in [0, 0.05) is 12.8 Å². The Morgan fingerprint density at radius 1 is 0.438 bits per heavy atom. The molecule has 0 aliphatic carbocycles. The minimum Gasteiger partial charge on any atom is -0.756 e. The maximum absolute atomic E-state index is 12.8. The molecule has 0 saturated carbocycles. The number of carbonyl (C=O) groups is 2. The van der Waals surface area contributed by atoms with Crippen molar-refractivity contribution in [3.05, 3.63) is 134 Å². The molecule has 0 aromatic rings. The zero-order chi connectivity index (χ0) is 53.5. The minimum atomic E-state index is -4.66. The van der Waals surface area contributed by atoms with E-state index >= 15 is 0 Å². The summed E-state index contributed by atoms with van der Waals surface area (Å²) in [4.78, 5) is 37.8. The van der Waals surface area contributed by atoms with E-state index in [2.05, 4.69) is 148 Å². The van der Waals surface area contributed by atoms with Crippen LogP contribution in [0.3, 0.4) is 0 Å². The van der Waals surface area contributed by atoms with Gasteiger partial charge in [0.25, 0.3) is 7.82 Å². The summed E-state index contributed by atoms with van der Waals surface area (Å²) in [6, 6.07) is 0. The lowest BCUT2D eigenvalue weighted by atomic mass is 10.1. The van der Waals surface area contributed by atoms with Gasteiger partial charge in [-0.2, -0.15) is 0 Å². The Bertz CT molecular complexity index is 1690.